The number of furan rings is 1. The number of aromatic hydroxyl groups is 2. The molecule has 5 nitrogen and oxygen atoms in total. The van der Waals surface area contributed by atoms with Gasteiger partial charge < -0.3 is 24.8 Å². The second kappa shape index (κ2) is 2.81. The summed E-state index contributed by atoms with van der Waals surface area (Å²) in [7, 11) is 0. The average molecular weight is 160 g/mol. The zero-order valence-electron chi connectivity index (χ0n) is 5.56. The standard InChI is InChI=1S/C6H8O5/c7-1-3(8)6-5(10)4(9)2-11-6/h2-3,7-10H,1H2/t3-/m0/s1. The SMILES string of the molecule is OC[C@H](O)c1occ(O)c1O. The fourth-order valence-corrected chi connectivity index (χ4v) is 0.676. The molecule has 62 valence electrons. The summed E-state index contributed by atoms with van der Waals surface area (Å²) in [5.74, 6) is -1.22. The van der Waals surface area contributed by atoms with Gasteiger partial charge in [-0.3, -0.25) is 0 Å². The van der Waals surface area contributed by atoms with Gasteiger partial charge in [0.1, 0.15) is 12.4 Å². The molecule has 0 bridgehead atoms. The summed E-state index contributed by atoms with van der Waals surface area (Å²) in [5, 5.41) is 35.0. The van der Waals surface area contributed by atoms with Crippen LogP contribution in [0.25, 0.3) is 0 Å². The average Bonchev–Trinajstić information content (AvgIpc) is 2.32. The molecule has 1 atom stereocenters. The summed E-state index contributed by atoms with van der Waals surface area (Å²) in [6, 6.07) is 0. The van der Waals surface area contributed by atoms with Gasteiger partial charge in [0.15, 0.2) is 11.5 Å². The number of aliphatic hydroxyl groups excluding tert-OH is 2. The van der Waals surface area contributed by atoms with Crippen molar-refractivity contribution in [3.05, 3.63) is 12.0 Å². The quantitative estimate of drug-likeness (QED) is 0.477. The first kappa shape index (κ1) is 7.90. The van der Waals surface area contributed by atoms with Crippen LogP contribution in [0.2, 0.25) is 0 Å². The first-order chi connectivity index (χ1) is 5.16. The van der Waals surface area contributed by atoms with Gasteiger partial charge in [0.2, 0.25) is 5.75 Å². The Balaban J connectivity index is 2.94. The highest BCUT2D eigenvalue weighted by molar-refractivity contribution is 5.39. The number of hydrogen-bond donors (Lipinski definition) is 4. The minimum Gasteiger partial charge on any atom is -0.502 e. The second-order valence-corrected chi connectivity index (χ2v) is 2.03. The van der Waals surface area contributed by atoms with Crippen molar-refractivity contribution >= 4 is 0 Å². The largest absolute Gasteiger partial charge is 0.502 e. The molecule has 0 spiro atoms. The molecule has 1 heterocycles. The normalized spacial score (nSPS) is 13.3. The van der Waals surface area contributed by atoms with E-state index in [0.29, 0.717) is 0 Å². The lowest BCUT2D eigenvalue weighted by Crippen LogP contribution is -2.00. The molecule has 0 aliphatic rings. The fraction of sp³-hybridized carbons (Fsp3) is 0.333. The van der Waals surface area contributed by atoms with Crippen molar-refractivity contribution in [2.75, 3.05) is 6.61 Å². The van der Waals surface area contributed by atoms with E-state index in [1.807, 2.05) is 0 Å². The van der Waals surface area contributed by atoms with E-state index >= 15 is 0 Å². The lowest BCUT2D eigenvalue weighted by Gasteiger charge is -2.01. The zero-order valence-corrected chi connectivity index (χ0v) is 5.56. The van der Waals surface area contributed by atoms with Crippen LogP contribution in [0, 0.1) is 0 Å². The monoisotopic (exact) mass is 160 g/mol. The Labute approximate surface area is 62.1 Å². The van der Waals surface area contributed by atoms with Crippen molar-refractivity contribution in [1.82, 2.24) is 0 Å². The van der Waals surface area contributed by atoms with Crippen LogP contribution in [0.1, 0.15) is 11.9 Å². The third-order valence-corrected chi connectivity index (χ3v) is 1.25. The molecular weight excluding hydrogens is 152 g/mol. The van der Waals surface area contributed by atoms with Gasteiger partial charge in [-0.25, -0.2) is 0 Å². The topological polar surface area (TPSA) is 94.1 Å². The molecule has 1 aromatic rings. The highest BCUT2D eigenvalue weighted by Gasteiger charge is 2.18. The maximum atomic E-state index is 8.92. The summed E-state index contributed by atoms with van der Waals surface area (Å²) >= 11 is 0. The van der Waals surface area contributed by atoms with Crippen molar-refractivity contribution in [1.29, 1.82) is 0 Å². The van der Waals surface area contributed by atoms with Crippen LogP contribution in [-0.4, -0.2) is 27.0 Å². The molecule has 0 amide bonds. The molecule has 0 saturated heterocycles. The number of rotatable bonds is 2. The van der Waals surface area contributed by atoms with E-state index in [0.717, 1.165) is 6.26 Å². The molecule has 0 aromatic carbocycles. The Kier molecular flexibility index (Phi) is 2.02. The molecular formula is C6H8O5. The third-order valence-electron chi connectivity index (χ3n) is 1.25. The third kappa shape index (κ3) is 1.28. The Hall–Kier alpha value is -1.20. The van der Waals surface area contributed by atoms with Crippen LogP contribution in [0.4, 0.5) is 0 Å². The molecule has 11 heavy (non-hydrogen) atoms. The molecule has 0 aliphatic heterocycles. The molecule has 0 fully saturated rings. The minimum atomic E-state index is -1.30. The van der Waals surface area contributed by atoms with Crippen LogP contribution in [0.5, 0.6) is 11.5 Å². The Morgan fingerprint density at radius 2 is 2.09 bits per heavy atom. The molecule has 0 aliphatic carbocycles. The molecule has 0 unspecified atom stereocenters. The molecule has 0 radical (unpaired) electrons. The van der Waals surface area contributed by atoms with E-state index in [2.05, 4.69) is 4.42 Å². The summed E-state index contributed by atoms with van der Waals surface area (Å²) in [6.45, 7) is -0.569. The Bertz CT molecular complexity index is 241. The maximum Gasteiger partial charge on any atom is 0.202 e. The van der Waals surface area contributed by atoms with Gasteiger partial charge in [0, 0.05) is 0 Å². The predicted molar refractivity (Wildman–Crippen MR) is 34.1 cm³/mol. The van der Waals surface area contributed by atoms with Crippen LogP contribution in [0.3, 0.4) is 0 Å². The van der Waals surface area contributed by atoms with E-state index in [4.69, 9.17) is 20.4 Å². The molecule has 1 aromatic heterocycles. The van der Waals surface area contributed by atoms with Gasteiger partial charge in [-0.1, -0.05) is 0 Å². The van der Waals surface area contributed by atoms with Gasteiger partial charge in [-0.05, 0) is 0 Å². The molecule has 1 rings (SSSR count). The summed E-state index contributed by atoms with van der Waals surface area (Å²) in [5.41, 5.74) is 0. The molecule has 4 N–H and O–H groups in total. The predicted octanol–water partition coefficient (Wildman–Crippen LogP) is -0.284. The highest BCUT2D eigenvalue weighted by atomic mass is 16.4. The van der Waals surface area contributed by atoms with E-state index in [-0.39, 0.29) is 5.76 Å². The first-order valence-corrected chi connectivity index (χ1v) is 2.95. The van der Waals surface area contributed by atoms with Crippen LogP contribution in [0.15, 0.2) is 10.7 Å². The lowest BCUT2D eigenvalue weighted by atomic mass is 10.3. The molecule has 5 heteroatoms. The van der Waals surface area contributed by atoms with Crippen LogP contribution < -0.4 is 0 Å². The van der Waals surface area contributed by atoms with E-state index in [9.17, 15) is 0 Å². The summed E-state index contributed by atoms with van der Waals surface area (Å²) in [6.07, 6.45) is -0.417. The highest BCUT2D eigenvalue weighted by Crippen LogP contribution is 2.34. The van der Waals surface area contributed by atoms with Crippen molar-refractivity contribution in [2.24, 2.45) is 0 Å². The van der Waals surface area contributed by atoms with Gasteiger partial charge in [0.05, 0.1) is 6.61 Å². The maximum absolute atomic E-state index is 8.92. The smallest absolute Gasteiger partial charge is 0.202 e. The first-order valence-electron chi connectivity index (χ1n) is 2.95. The lowest BCUT2D eigenvalue weighted by molar-refractivity contribution is 0.0749. The van der Waals surface area contributed by atoms with Crippen molar-refractivity contribution in [3.63, 3.8) is 0 Å². The fourth-order valence-electron chi connectivity index (χ4n) is 0.676. The second-order valence-electron chi connectivity index (χ2n) is 2.03. The van der Waals surface area contributed by atoms with Gasteiger partial charge in [-0.15, -0.1) is 0 Å². The van der Waals surface area contributed by atoms with Crippen molar-refractivity contribution in [3.8, 4) is 11.5 Å². The van der Waals surface area contributed by atoms with Crippen LogP contribution >= 0.6 is 0 Å². The Morgan fingerprint density at radius 3 is 2.45 bits per heavy atom. The summed E-state index contributed by atoms with van der Waals surface area (Å²) in [4.78, 5) is 0. The van der Waals surface area contributed by atoms with Crippen LogP contribution in [-0.2, 0) is 0 Å². The van der Waals surface area contributed by atoms with E-state index in [1.165, 1.54) is 0 Å². The van der Waals surface area contributed by atoms with Gasteiger partial charge in [0.25, 0.3) is 0 Å². The zero-order chi connectivity index (χ0) is 8.43. The Morgan fingerprint density at radius 1 is 1.45 bits per heavy atom. The van der Waals surface area contributed by atoms with Gasteiger partial charge in [-0.2, -0.15) is 0 Å². The minimum absolute atomic E-state index is 0.231. The van der Waals surface area contributed by atoms with Gasteiger partial charge >= 0.3 is 0 Å². The number of hydrogen-bond acceptors (Lipinski definition) is 5. The molecule has 0 saturated carbocycles. The van der Waals surface area contributed by atoms with E-state index < -0.39 is 24.2 Å². The van der Waals surface area contributed by atoms with Crippen molar-refractivity contribution < 1.29 is 24.8 Å². The summed E-state index contributed by atoms with van der Waals surface area (Å²) < 4.78 is 4.54. The van der Waals surface area contributed by atoms with E-state index in [1.54, 1.807) is 0 Å². The van der Waals surface area contributed by atoms with Crippen molar-refractivity contribution in [2.45, 2.75) is 6.10 Å². The number of aliphatic hydroxyl groups is 2.